The molecule has 2 aliphatic heterocycles. The highest BCUT2D eigenvalue weighted by Crippen LogP contribution is 2.47. The summed E-state index contributed by atoms with van der Waals surface area (Å²) in [5.74, 6) is 1.48. The van der Waals surface area contributed by atoms with Crippen molar-refractivity contribution in [3.05, 3.63) is 30.0 Å². The molecule has 4 nitrogen and oxygen atoms in total. The van der Waals surface area contributed by atoms with Gasteiger partial charge in [0.05, 0.1) is 13.3 Å². The van der Waals surface area contributed by atoms with E-state index in [1.54, 1.807) is 7.11 Å². The van der Waals surface area contributed by atoms with E-state index >= 15 is 0 Å². The second-order valence-corrected chi connectivity index (χ2v) is 6.00. The van der Waals surface area contributed by atoms with Gasteiger partial charge in [0.25, 0.3) is 0 Å². The molecule has 1 N–H and O–H groups in total. The fourth-order valence-corrected chi connectivity index (χ4v) is 2.68. The van der Waals surface area contributed by atoms with Crippen LogP contribution in [0.15, 0.2) is 35.0 Å². The summed E-state index contributed by atoms with van der Waals surface area (Å²) in [6.07, 6.45) is 5.01. The minimum Gasteiger partial charge on any atom is -0.494 e. The maximum Gasteiger partial charge on any atom is 0.222 e. The lowest BCUT2D eigenvalue weighted by Gasteiger charge is -2.48. The van der Waals surface area contributed by atoms with Crippen LogP contribution in [0, 0.1) is 5.41 Å². The summed E-state index contributed by atoms with van der Waals surface area (Å²) in [5, 5.41) is 3.45. The van der Waals surface area contributed by atoms with Crippen LogP contribution in [0.5, 0.6) is 11.5 Å². The molecular formula is C16H20N2O2. The second-order valence-electron chi connectivity index (χ2n) is 6.00. The van der Waals surface area contributed by atoms with E-state index in [4.69, 9.17) is 9.47 Å². The molecule has 0 bridgehead atoms. The Morgan fingerprint density at radius 1 is 1.35 bits per heavy atom. The van der Waals surface area contributed by atoms with E-state index in [1.807, 2.05) is 24.4 Å². The first kappa shape index (κ1) is 13.0. The maximum atomic E-state index is 6.31. The molecule has 20 heavy (non-hydrogen) atoms. The van der Waals surface area contributed by atoms with Crippen molar-refractivity contribution in [1.82, 2.24) is 5.32 Å². The summed E-state index contributed by atoms with van der Waals surface area (Å²) in [6, 6.07) is 5.74. The number of nitrogens with zero attached hydrogens (tertiary/aromatic N) is 1. The van der Waals surface area contributed by atoms with Gasteiger partial charge in [0, 0.05) is 11.1 Å². The lowest BCUT2D eigenvalue weighted by atomic mass is 9.75. The van der Waals surface area contributed by atoms with Crippen molar-refractivity contribution >= 4 is 11.9 Å². The first-order valence-corrected chi connectivity index (χ1v) is 6.84. The predicted octanol–water partition coefficient (Wildman–Crippen LogP) is 3.41. The third-order valence-electron chi connectivity index (χ3n) is 4.14. The van der Waals surface area contributed by atoms with Gasteiger partial charge in [0.15, 0.2) is 5.75 Å². The summed E-state index contributed by atoms with van der Waals surface area (Å²) >= 11 is 0. The number of rotatable bonds is 1. The molecule has 106 valence electrons. The third-order valence-corrected chi connectivity index (χ3v) is 4.14. The topological polar surface area (TPSA) is 42.8 Å². The van der Waals surface area contributed by atoms with E-state index in [1.165, 1.54) is 0 Å². The third kappa shape index (κ3) is 1.79. The van der Waals surface area contributed by atoms with E-state index < -0.39 is 5.72 Å². The van der Waals surface area contributed by atoms with Gasteiger partial charge >= 0.3 is 0 Å². The van der Waals surface area contributed by atoms with Crippen LogP contribution in [0.25, 0.3) is 0 Å². The molecule has 0 aliphatic carbocycles. The smallest absolute Gasteiger partial charge is 0.222 e. The standard InChI is InChI=1S/C16H20N2O2/c1-11-8-9-15(2,3)16(18-11)10-17-14-12(19-4)6-5-7-13(14)20-16/h5-8,10,18H,9H2,1-4H3/t16-/m1/s1. The summed E-state index contributed by atoms with van der Waals surface area (Å²) in [5.41, 5.74) is 1.18. The number of nitrogens with one attached hydrogen (secondary N) is 1. The van der Waals surface area contributed by atoms with Crippen molar-refractivity contribution in [3.8, 4) is 11.5 Å². The molecule has 0 amide bonds. The number of methoxy groups -OCH3 is 1. The van der Waals surface area contributed by atoms with Gasteiger partial charge in [0.1, 0.15) is 11.4 Å². The Morgan fingerprint density at radius 3 is 2.90 bits per heavy atom. The molecule has 2 heterocycles. The highest BCUT2D eigenvalue weighted by atomic mass is 16.5. The van der Waals surface area contributed by atoms with Crippen LogP contribution < -0.4 is 14.8 Å². The minimum absolute atomic E-state index is 0.0865. The molecular weight excluding hydrogens is 252 g/mol. The molecule has 0 saturated heterocycles. The fourth-order valence-electron chi connectivity index (χ4n) is 2.68. The highest BCUT2D eigenvalue weighted by molar-refractivity contribution is 5.81. The van der Waals surface area contributed by atoms with E-state index in [0.29, 0.717) is 0 Å². The van der Waals surface area contributed by atoms with Gasteiger partial charge in [0.2, 0.25) is 5.72 Å². The Morgan fingerprint density at radius 2 is 2.15 bits per heavy atom. The van der Waals surface area contributed by atoms with Crippen molar-refractivity contribution in [2.45, 2.75) is 32.9 Å². The van der Waals surface area contributed by atoms with Crippen molar-refractivity contribution in [1.29, 1.82) is 0 Å². The number of aliphatic imine (C=N–C) groups is 1. The zero-order chi connectivity index (χ0) is 14.4. The van der Waals surface area contributed by atoms with Crippen LogP contribution in [0.4, 0.5) is 5.69 Å². The number of hydrogen-bond acceptors (Lipinski definition) is 4. The molecule has 3 rings (SSSR count). The molecule has 0 unspecified atom stereocenters. The lowest BCUT2D eigenvalue weighted by Crippen LogP contribution is -2.63. The number of para-hydroxylation sites is 1. The summed E-state index contributed by atoms with van der Waals surface area (Å²) < 4.78 is 11.6. The molecule has 4 heteroatoms. The quantitative estimate of drug-likeness (QED) is 0.852. The van der Waals surface area contributed by atoms with Gasteiger partial charge in [-0.2, -0.15) is 0 Å². The molecule has 2 aliphatic rings. The number of fused-ring (bicyclic) bond motifs is 1. The zero-order valence-corrected chi connectivity index (χ0v) is 12.4. The number of hydrogen-bond donors (Lipinski definition) is 1. The Kier molecular flexibility index (Phi) is 2.78. The average Bonchev–Trinajstić information content (AvgIpc) is 2.43. The molecule has 1 aromatic rings. The summed E-state index contributed by atoms with van der Waals surface area (Å²) in [6.45, 7) is 6.41. The maximum absolute atomic E-state index is 6.31. The van der Waals surface area contributed by atoms with Gasteiger partial charge < -0.3 is 14.8 Å². The van der Waals surface area contributed by atoms with Crippen molar-refractivity contribution in [2.75, 3.05) is 7.11 Å². The van der Waals surface area contributed by atoms with Crippen LogP contribution >= 0.6 is 0 Å². The molecule has 1 spiro atoms. The van der Waals surface area contributed by atoms with Crippen LogP contribution in [-0.2, 0) is 0 Å². The first-order chi connectivity index (χ1) is 9.47. The minimum atomic E-state index is -0.606. The van der Waals surface area contributed by atoms with Gasteiger partial charge in [-0.1, -0.05) is 26.0 Å². The Hall–Kier alpha value is -1.97. The van der Waals surface area contributed by atoms with Gasteiger partial charge in [-0.25, -0.2) is 4.99 Å². The number of allylic oxidation sites excluding steroid dienone is 2. The van der Waals surface area contributed by atoms with E-state index in [-0.39, 0.29) is 5.41 Å². The fraction of sp³-hybridized carbons (Fsp3) is 0.438. The van der Waals surface area contributed by atoms with Crippen LogP contribution in [0.2, 0.25) is 0 Å². The molecule has 0 radical (unpaired) electrons. The normalized spacial score (nSPS) is 26.3. The number of ether oxygens (including phenoxy) is 2. The Balaban J connectivity index is 2.07. The summed E-state index contributed by atoms with van der Waals surface area (Å²) in [7, 11) is 1.64. The lowest BCUT2D eigenvalue weighted by molar-refractivity contribution is -0.00666. The van der Waals surface area contributed by atoms with Gasteiger partial charge in [-0.15, -0.1) is 0 Å². The van der Waals surface area contributed by atoms with Crippen LogP contribution in [-0.4, -0.2) is 19.0 Å². The Bertz CT molecular complexity index is 604. The SMILES string of the molecule is COc1cccc2c1N=C[C@@]1(NC(C)=CCC1(C)C)O2. The molecule has 0 fully saturated rings. The average molecular weight is 272 g/mol. The first-order valence-electron chi connectivity index (χ1n) is 6.84. The molecule has 0 aromatic heterocycles. The van der Waals surface area contributed by atoms with Crippen molar-refractivity contribution in [2.24, 2.45) is 10.4 Å². The van der Waals surface area contributed by atoms with E-state index in [9.17, 15) is 0 Å². The second kappa shape index (κ2) is 4.27. The van der Waals surface area contributed by atoms with Crippen LogP contribution in [0.1, 0.15) is 27.2 Å². The van der Waals surface area contributed by atoms with Crippen molar-refractivity contribution in [3.63, 3.8) is 0 Å². The number of benzene rings is 1. The Labute approximate surface area is 119 Å². The molecule has 1 atom stereocenters. The largest absolute Gasteiger partial charge is 0.494 e. The predicted molar refractivity (Wildman–Crippen MR) is 79.8 cm³/mol. The summed E-state index contributed by atoms with van der Waals surface area (Å²) in [4.78, 5) is 4.61. The van der Waals surface area contributed by atoms with E-state index in [2.05, 4.69) is 37.2 Å². The molecule has 0 saturated carbocycles. The zero-order valence-electron chi connectivity index (χ0n) is 12.4. The van der Waals surface area contributed by atoms with E-state index in [0.717, 1.165) is 29.3 Å². The highest BCUT2D eigenvalue weighted by Gasteiger charge is 2.49. The van der Waals surface area contributed by atoms with Crippen molar-refractivity contribution < 1.29 is 9.47 Å². The molecule has 1 aromatic carbocycles. The van der Waals surface area contributed by atoms with Crippen LogP contribution in [0.3, 0.4) is 0 Å². The monoisotopic (exact) mass is 272 g/mol. The van der Waals surface area contributed by atoms with Gasteiger partial charge in [-0.05, 0) is 25.5 Å². The van der Waals surface area contributed by atoms with Gasteiger partial charge in [-0.3, -0.25) is 0 Å².